The molecule has 0 aliphatic heterocycles. The summed E-state index contributed by atoms with van der Waals surface area (Å²) in [7, 11) is 0. The minimum absolute atomic E-state index is 0.584. The molecule has 94 valence electrons. The standard InChI is InChI=1S/C15H17NOS/c16-15(18)7-3-4-10-17-14-9-8-12-5-1-2-6-13(12)11-14/h1-2,5-6,8-9,11H,3-4,7,10H2,(H2,16,18). The first-order valence-electron chi connectivity index (χ1n) is 6.15. The van der Waals surface area contributed by atoms with Crippen LogP contribution in [-0.4, -0.2) is 11.6 Å². The Morgan fingerprint density at radius 2 is 1.83 bits per heavy atom. The summed E-state index contributed by atoms with van der Waals surface area (Å²) in [6.45, 7) is 0.709. The number of rotatable bonds is 6. The van der Waals surface area contributed by atoms with Crippen molar-refractivity contribution in [2.24, 2.45) is 5.73 Å². The van der Waals surface area contributed by atoms with Gasteiger partial charge in [-0.3, -0.25) is 0 Å². The van der Waals surface area contributed by atoms with E-state index in [4.69, 9.17) is 22.7 Å². The normalized spacial score (nSPS) is 10.4. The van der Waals surface area contributed by atoms with Crippen molar-refractivity contribution < 1.29 is 4.74 Å². The van der Waals surface area contributed by atoms with Crippen molar-refractivity contribution in [3.63, 3.8) is 0 Å². The molecule has 0 fully saturated rings. The molecule has 0 amide bonds. The lowest BCUT2D eigenvalue weighted by atomic mass is 10.1. The first-order chi connectivity index (χ1) is 8.75. The van der Waals surface area contributed by atoms with Gasteiger partial charge in [-0.25, -0.2) is 0 Å². The van der Waals surface area contributed by atoms with Crippen molar-refractivity contribution >= 4 is 28.0 Å². The molecule has 2 nitrogen and oxygen atoms in total. The van der Waals surface area contributed by atoms with Crippen molar-refractivity contribution in [2.45, 2.75) is 19.3 Å². The van der Waals surface area contributed by atoms with Crippen molar-refractivity contribution in [1.29, 1.82) is 0 Å². The smallest absolute Gasteiger partial charge is 0.119 e. The van der Waals surface area contributed by atoms with Gasteiger partial charge in [-0.1, -0.05) is 42.5 Å². The van der Waals surface area contributed by atoms with Gasteiger partial charge in [0.1, 0.15) is 5.75 Å². The lowest BCUT2D eigenvalue weighted by molar-refractivity contribution is 0.308. The van der Waals surface area contributed by atoms with E-state index in [2.05, 4.69) is 24.3 Å². The Balaban J connectivity index is 1.86. The van der Waals surface area contributed by atoms with Gasteiger partial charge in [0.2, 0.25) is 0 Å². The van der Waals surface area contributed by atoms with Crippen LogP contribution in [0, 0.1) is 0 Å². The minimum Gasteiger partial charge on any atom is -0.494 e. The summed E-state index contributed by atoms with van der Waals surface area (Å²) in [5.41, 5.74) is 5.44. The maximum atomic E-state index is 5.71. The number of hydrogen-bond acceptors (Lipinski definition) is 2. The fraction of sp³-hybridized carbons (Fsp3) is 0.267. The molecule has 0 saturated heterocycles. The highest BCUT2D eigenvalue weighted by Crippen LogP contribution is 2.20. The molecule has 0 unspecified atom stereocenters. The van der Waals surface area contributed by atoms with Gasteiger partial charge in [0.15, 0.2) is 0 Å². The molecular weight excluding hydrogens is 242 g/mol. The van der Waals surface area contributed by atoms with E-state index in [-0.39, 0.29) is 0 Å². The van der Waals surface area contributed by atoms with Gasteiger partial charge in [0.05, 0.1) is 11.6 Å². The second kappa shape index (κ2) is 6.36. The molecule has 0 spiro atoms. The van der Waals surface area contributed by atoms with Gasteiger partial charge >= 0.3 is 0 Å². The Labute approximate surface area is 113 Å². The predicted molar refractivity (Wildman–Crippen MR) is 80.1 cm³/mol. The fourth-order valence-corrected chi connectivity index (χ4v) is 1.99. The molecule has 0 radical (unpaired) electrons. The summed E-state index contributed by atoms with van der Waals surface area (Å²) < 4.78 is 5.71. The number of nitrogens with two attached hydrogens (primary N) is 1. The maximum Gasteiger partial charge on any atom is 0.119 e. The zero-order valence-corrected chi connectivity index (χ0v) is 11.1. The Hall–Kier alpha value is -1.61. The van der Waals surface area contributed by atoms with E-state index in [1.165, 1.54) is 10.8 Å². The van der Waals surface area contributed by atoms with Crippen LogP contribution in [0.2, 0.25) is 0 Å². The van der Waals surface area contributed by atoms with E-state index in [0.29, 0.717) is 11.6 Å². The van der Waals surface area contributed by atoms with E-state index in [0.717, 1.165) is 25.0 Å². The molecule has 2 aromatic rings. The molecule has 0 saturated carbocycles. The van der Waals surface area contributed by atoms with Crippen molar-refractivity contribution in [3.05, 3.63) is 42.5 Å². The summed E-state index contributed by atoms with van der Waals surface area (Å²) in [5.74, 6) is 0.920. The molecule has 2 aromatic carbocycles. The molecule has 0 heterocycles. The molecule has 0 aliphatic carbocycles. The average molecular weight is 259 g/mol. The Morgan fingerprint density at radius 1 is 1.06 bits per heavy atom. The maximum absolute atomic E-state index is 5.71. The average Bonchev–Trinajstić information content (AvgIpc) is 2.38. The monoisotopic (exact) mass is 259 g/mol. The highest BCUT2D eigenvalue weighted by molar-refractivity contribution is 7.80. The molecule has 2 N–H and O–H groups in total. The molecule has 18 heavy (non-hydrogen) atoms. The van der Waals surface area contributed by atoms with Crippen molar-refractivity contribution in [1.82, 2.24) is 0 Å². The number of thiocarbonyl (C=S) groups is 1. The number of fused-ring (bicyclic) bond motifs is 1. The van der Waals surface area contributed by atoms with Crippen LogP contribution in [0.1, 0.15) is 19.3 Å². The van der Waals surface area contributed by atoms with Gasteiger partial charge in [0.25, 0.3) is 0 Å². The van der Waals surface area contributed by atoms with E-state index in [9.17, 15) is 0 Å². The van der Waals surface area contributed by atoms with Gasteiger partial charge in [-0.05, 0) is 42.2 Å². The molecule has 0 atom stereocenters. The second-order valence-corrected chi connectivity index (χ2v) is 4.81. The molecule has 0 aliphatic rings. The number of hydrogen-bond donors (Lipinski definition) is 1. The quantitative estimate of drug-likeness (QED) is 0.635. The van der Waals surface area contributed by atoms with Gasteiger partial charge in [-0.2, -0.15) is 0 Å². The summed E-state index contributed by atoms with van der Waals surface area (Å²) in [5, 5.41) is 2.44. The van der Waals surface area contributed by atoms with E-state index >= 15 is 0 Å². The molecule has 0 aromatic heterocycles. The van der Waals surface area contributed by atoms with Crippen molar-refractivity contribution in [2.75, 3.05) is 6.61 Å². The summed E-state index contributed by atoms with van der Waals surface area (Å²) in [6.07, 6.45) is 2.77. The van der Waals surface area contributed by atoms with Crippen LogP contribution in [0.25, 0.3) is 10.8 Å². The van der Waals surface area contributed by atoms with Gasteiger partial charge in [0, 0.05) is 0 Å². The first-order valence-corrected chi connectivity index (χ1v) is 6.56. The summed E-state index contributed by atoms with van der Waals surface area (Å²) >= 11 is 4.83. The van der Waals surface area contributed by atoms with E-state index in [1.807, 2.05) is 18.2 Å². The lowest BCUT2D eigenvalue weighted by Crippen LogP contribution is -2.07. The van der Waals surface area contributed by atoms with Crippen LogP contribution in [0.4, 0.5) is 0 Å². The third-order valence-electron chi connectivity index (χ3n) is 2.81. The fourth-order valence-electron chi connectivity index (χ4n) is 1.85. The highest BCUT2D eigenvalue weighted by atomic mass is 32.1. The largest absolute Gasteiger partial charge is 0.494 e. The number of ether oxygens (including phenoxy) is 1. The van der Waals surface area contributed by atoms with Crippen LogP contribution in [0.3, 0.4) is 0 Å². The molecular formula is C15H17NOS. The Kier molecular flexibility index (Phi) is 4.53. The SMILES string of the molecule is NC(=S)CCCCOc1ccc2ccccc2c1. The second-order valence-electron chi connectivity index (χ2n) is 4.28. The molecule has 3 heteroatoms. The van der Waals surface area contributed by atoms with Crippen molar-refractivity contribution in [3.8, 4) is 5.75 Å². The zero-order valence-electron chi connectivity index (χ0n) is 10.3. The Bertz CT molecular complexity index is 539. The van der Waals surface area contributed by atoms with Crippen LogP contribution < -0.4 is 10.5 Å². The molecule has 2 rings (SSSR count). The number of benzene rings is 2. The van der Waals surface area contributed by atoms with Crippen LogP contribution in [0.5, 0.6) is 5.75 Å². The van der Waals surface area contributed by atoms with Crippen LogP contribution >= 0.6 is 12.2 Å². The topological polar surface area (TPSA) is 35.2 Å². The molecule has 0 bridgehead atoms. The first kappa shape index (κ1) is 12.8. The predicted octanol–water partition coefficient (Wildman–Crippen LogP) is 3.68. The van der Waals surface area contributed by atoms with Crippen LogP contribution in [-0.2, 0) is 0 Å². The van der Waals surface area contributed by atoms with Gasteiger partial charge < -0.3 is 10.5 Å². The summed E-state index contributed by atoms with van der Waals surface area (Å²) in [4.78, 5) is 0.584. The number of unbranched alkanes of at least 4 members (excludes halogenated alkanes) is 1. The summed E-state index contributed by atoms with van der Waals surface area (Å²) in [6, 6.07) is 14.4. The van der Waals surface area contributed by atoms with Gasteiger partial charge in [-0.15, -0.1) is 0 Å². The third kappa shape index (κ3) is 3.70. The third-order valence-corrected chi connectivity index (χ3v) is 3.01. The Morgan fingerprint density at radius 3 is 2.61 bits per heavy atom. The zero-order chi connectivity index (χ0) is 12.8. The van der Waals surface area contributed by atoms with E-state index < -0.39 is 0 Å². The highest BCUT2D eigenvalue weighted by Gasteiger charge is 1.97. The lowest BCUT2D eigenvalue weighted by Gasteiger charge is -2.07. The van der Waals surface area contributed by atoms with Crippen LogP contribution in [0.15, 0.2) is 42.5 Å². The van der Waals surface area contributed by atoms with E-state index in [1.54, 1.807) is 0 Å². The minimum atomic E-state index is 0.584.